The fraction of sp³-hybridized carbons (Fsp3) is 0.833. The molecule has 0 heterocycles. The van der Waals surface area contributed by atoms with Crippen LogP contribution in [0.3, 0.4) is 0 Å². The molecule has 0 aliphatic heterocycles. The second kappa shape index (κ2) is 2.63. The molecule has 0 unspecified atom stereocenters. The minimum Gasteiger partial charge on any atom is -0.350 e. The fourth-order valence-corrected chi connectivity index (χ4v) is 3.48. The van der Waals surface area contributed by atoms with Crippen LogP contribution >= 0.6 is 0 Å². The number of hydrogen-bond acceptors (Lipinski definition) is 2. The van der Waals surface area contributed by atoms with Crippen molar-refractivity contribution in [2.24, 2.45) is 10.8 Å². The number of carbonyl (C=O) groups is 2. The first-order valence-electron chi connectivity index (χ1n) is 5.57. The van der Waals surface area contributed by atoms with E-state index < -0.39 is 0 Å². The van der Waals surface area contributed by atoms with Crippen LogP contribution in [-0.4, -0.2) is 17.2 Å². The summed E-state index contributed by atoms with van der Waals surface area (Å²) in [6.45, 7) is 7.80. The largest absolute Gasteiger partial charge is 0.350 e. The third kappa shape index (κ3) is 1.01. The van der Waals surface area contributed by atoms with E-state index in [1.807, 2.05) is 6.92 Å². The fourth-order valence-electron chi connectivity index (χ4n) is 3.48. The lowest BCUT2D eigenvalue weighted by atomic mass is 9.68. The van der Waals surface area contributed by atoms with Gasteiger partial charge >= 0.3 is 0 Å². The van der Waals surface area contributed by atoms with Crippen molar-refractivity contribution in [2.45, 2.75) is 52.5 Å². The number of nitrogens with one attached hydrogen (secondary N) is 1. The Morgan fingerprint density at radius 1 is 1.27 bits per heavy atom. The lowest BCUT2D eigenvalue weighted by molar-refractivity contribution is -0.128. The molecular formula is C12H19NO2. The topological polar surface area (TPSA) is 46.2 Å². The highest BCUT2D eigenvalue weighted by Crippen LogP contribution is 2.65. The maximum absolute atomic E-state index is 12.0. The molecule has 2 fully saturated rings. The van der Waals surface area contributed by atoms with Gasteiger partial charge in [-0.2, -0.15) is 0 Å². The molecule has 0 spiro atoms. The van der Waals surface area contributed by atoms with Gasteiger partial charge in [0.05, 0.1) is 5.54 Å². The molecule has 2 aliphatic rings. The highest BCUT2D eigenvalue weighted by molar-refractivity contribution is 5.92. The van der Waals surface area contributed by atoms with E-state index >= 15 is 0 Å². The molecule has 3 heteroatoms. The van der Waals surface area contributed by atoms with E-state index in [0.29, 0.717) is 12.2 Å². The Morgan fingerprint density at radius 3 is 2.20 bits per heavy atom. The van der Waals surface area contributed by atoms with Gasteiger partial charge in [-0.05, 0) is 12.8 Å². The molecule has 2 saturated carbocycles. The molecule has 0 radical (unpaired) electrons. The Kier molecular flexibility index (Phi) is 1.87. The van der Waals surface area contributed by atoms with Crippen molar-refractivity contribution in [2.75, 3.05) is 0 Å². The Labute approximate surface area is 90.6 Å². The normalized spacial score (nSPS) is 42.0. The maximum Gasteiger partial charge on any atom is 0.217 e. The zero-order valence-electron chi connectivity index (χ0n) is 9.94. The molecule has 0 saturated heterocycles. The number of ketones is 1. The summed E-state index contributed by atoms with van der Waals surface area (Å²) in [4.78, 5) is 23.3. The summed E-state index contributed by atoms with van der Waals surface area (Å²) in [5.41, 5.74) is -0.650. The van der Waals surface area contributed by atoms with Crippen molar-refractivity contribution >= 4 is 11.7 Å². The number of rotatable bonds is 1. The summed E-state index contributed by atoms with van der Waals surface area (Å²) in [7, 11) is 0. The number of amides is 1. The summed E-state index contributed by atoms with van der Waals surface area (Å²) >= 11 is 0. The van der Waals surface area contributed by atoms with Gasteiger partial charge in [0, 0.05) is 24.2 Å². The van der Waals surface area contributed by atoms with Crippen LogP contribution in [0, 0.1) is 10.8 Å². The molecule has 15 heavy (non-hydrogen) atoms. The lowest BCUT2D eigenvalue weighted by Crippen LogP contribution is -2.53. The quantitative estimate of drug-likeness (QED) is 0.714. The average molecular weight is 209 g/mol. The van der Waals surface area contributed by atoms with Crippen molar-refractivity contribution in [1.29, 1.82) is 0 Å². The Morgan fingerprint density at radius 2 is 1.87 bits per heavy atom. The molecule has 1 amide bonds. The molecule has 2 atom stereocenters. The van der Waals surface area contributed by atoms with Gasteiger partial charge in [-0.25, -0.2) is 0 Å². The van der Waals surface area contributed by atoms with Crippen molar-refractivity contribution < 1.29 is 9.59 Å². The van der Waals surface area contributed by atoms with Crippen LogP contribution in [0.15, 0.2) is 0 Å². The first kappa shape index (κ1) is 10.7. The Hall–Kier alpha value is -0.860. The van der Waals surface area contributed by atoms with Gasteiger partial charge in [0.15, 0.2) is 0 Å². The molecule has 3 nitrogen and oxygen atoms in total. The summed E-state index contributed by atoms with van der Waals surface area (Å²) < 4.78 is 0. The molecule has 0 aromatic carbocycles. The van der Waals surface area contributed by atoms with Gasteiger partial charge in [-0.15, -0.1) is 0 Å². The smallest absolute Gasteiger partial charge is 0.217 e. The van der Waals surface area contributed by atoms with Crippen LogP contribution in [0.1, 0.15) is 47.0 Å². The predicted molar refractivity (Wildman–Crippen MR) is 57.3 cm³/mol. The summed E-state index contributed by atoms with van der Waals surface area (Å²) in [5.74, 6) is 0.287. The molecule has 2 aliphatic carbocycles. The average Bonchev–Trinajstić information content (AvgIpc) is 2.33. The Balaban J connectivity index is 2.44. The van der Waals surface area contributed by atoms with Crippen molar-refractivity contribution in [3.05, 3.63) is 0 Å². The van der Waals surface area contributed by atoms with E-state index in [0.717, 1.165) is 12.8 Å². The van der Waals surface area contributed by atoms with E-state index in [1.54, 1.807) is 0 Å². The van der Waals surface area contributed by atoms with Crippen molar-refractivity contribution in [1.82, 2.24) is 5.32 Å². The molecule has 1 N–H and O–H groups in total. The van der Waals surface area contributed by atoms with Crippen molar-refractivity contribution in [3.63, 3.8) is 0 Å². The maximum atomic E-state index is 12.0. The lowest BCUT2D eigenvalue weighted by Gasteiger charge is -2.40. The van der Waals surface area contributed by atoms with E-state index in [4.69, 9.17) is 0 Å². The van der Waals surface area contributed by atoms with Crippen LogP contribution < -0.4 is 5.32 Å². The van der Waals surface area contributed by atoms with Gasteiger partial charge < -0.3 is 5.32 Å². The third-order valence-electron chi connectivity index (χ3n) is 5.12. The first-order valence-corrected chi connectivity index (χ1v) is 5.57. The van der Waals surface area contributed by atoms with E-state index in [2.05, 4.69) is 19.2 Å². The summed E-state index contributed by atoms with van der Waals surface area (Å²) in [6, 6.07) is 0. The van der Waals surface area contributed by atoms with E-state index in [-0.39, 0.29) is 22.3 Å². The molecular weight excluding hydrogens is 190 g/mol. The summed E-state index contributed by atoms with van der Waals surface area (Å²) in [6.07, 6.45) is 2.34. The Bertz CT molecular complexity index is 344. The summed E-state index contributed by atoms with van der Waals surface area (Å²) in [5, 5.41) is 3.03. The van der Waals surface area contributed by atoms with Gasteiger partial charge in [0.25, 0.3) is 0 Å². The predicted octanol–water partition coefficient (Wildman–Crippen LogP) is 1.66. The zero-order valence-corrected chi connectivity index (χ0v) is 9.94. The minimum atomic E-state index is -0.287. The molecule has 0 aromatic heterocycles. The second-order valence-corrected chi connectivity index (χ2v) is 5.82. The molecule has 2 rings (SSSR count). The highest BCUT2D eigenvalue weighted by atomic mass is 16.2. The number of carbonyl (C=O) groups excluding carboxylic acids is 2. The zero-order chi connectivity index (χ0) is 11.5. The minimum absolute atomic E-state index is 0.0259. The number of fused-ring (bicyclic) bond motifs is 2. The van der Waals surface area contributed by atoms with Gasteiger partial charge in [-0.3, -0.25) is 9.59 Å². The first-order chi connectivity index (χ1) is 6.75. The molecule has 84 valence electrons. The molecule has 0 aromatic rings. The van der Waals surface area contributed by atoms with Gasteiger partial charge in [-0.1, -0.05) is 20.8 Å². The standard InChI is InChI=1S/C12H19NO2/c1-8(14)13-12-6-5-11(4,9(15)7-12)10(12,2)3/h5-7H2,1-4H3,(H,13,14)/t11-,12-/m0/s1. The SMILES string of the molecule is CC(=O)N[C@@]12CC[C@@](C)(C(=O)C1)C2(C)C. The highest BCUT2D eigenvalue weighted by Gasteiger charge is 2.69. The van der Waals surface area contributed by atoms with Crippen LogP contribution in [0.4, 0.5) is 0 Å². The molecule has 2 bridgehead atoms. The second-order valence-electron chi connectivity index (χ2n) is 5.82. The number of Topliss-reactive ketones (excluding diaryl/α,β-unsaturated/α-hetero) is 1. The van der Waals surface area contributed by atoms with E-state index in [9.17, 15) is 9.59 Å². The van der Waals surface area contributed by atoms with Crippen LogP contribution in [0.2, 0.25) is 0 Å². The third-order valence-corrected chi connectivity index (χ3v) is 5.12. The monoisotopic (exact) mass is 209 g/mol. The van der Waals surface area contributed by atoms with Crippen molar-refractivity contribution in [3.8, 4) is 0 Å². The van der Waals surface area contributed by atoms with Gasteiger partial charge in [0.2, 0.25) is 5.91 Å². The number of hydrogen-bond donors (Lipinski definition) is 1. The van der Waals surface area contributed by atoms with Crippen LogP contribution in [0.25, 0.3) is 0 Å². The van der Waals surface area contributed by atoms with E-state index in [1.165, 1.54) is 6.92 Å². The van der Waals surface area contributed by atoms with Gasteiger partial charge in [0.1, 0.15) is 5.78 Å². The van der Waals surface area contributed by atoms with Crippen LogP contribution in [0.5, 0.6) is 0 Å². The van der Waals surface area contributed by atoms with Crippen LogP contribution in [-0.2, 0) is 9.59 Å².